The molecule has 2 aromatic carbocycles. The zero-order valence-electron chi connectivity index (χ0n) is 11.0. The van der Waals surface area contributed by atoms with E-state index in [-0.39, 0.29) is 11.6 Å². The van der Waals surface area contributed by atoms with Gasteiger partial charge < -0.3 is 9.15 Å². The normalized spacial score (nSPS) is 10.3. The highest BCUT2D eigenvalue weighted by Crippen LogP contribution is 2.34. The molecule has 21 heavy (non-hydrogen) atoms. The number of hydrogen-bond donors (Lipinski definition) is 0. The summed E-state index contributed by atoms with van der Waals surface area (Å²) in [6, 6.07) is 16.4. The van der Waals surface area contributed by atoms with Crippen molar-refractivity contribution in [2.45, 2.75) is 0 Å². The Balaban J connectivity index is 1.97. The molecule has 3 nitrogen and oxygen atoms in total. The van der Waals surface area contributed by atoms with Crippen molar-refractivity contribution in [1.29, 1.82) is 0 Å². The first-order chi connectivity index (χ1) is 10.3. The molecular formula is C17H11FO3. The summed E-state index contributed by atoms with van der Waals surface area (Å²) < 4.78 is 24.3. The molecule has 0 aliphatic heterocycles. The number of rotatable bonds is 4. The molecule has 0 radical (unpaired) electrons. The van der Waals surface area contributed by atoms with E-state index in [1.807, 2.05) is 18.2 Å². The molecule has 0 atom stereocenters. The quantitative estimate of drug-likeness (QED) is 0.652. The fourth-order valence-electron chi connectivity index (χ4n) is 1.98. The van der Waals surface area contributed by atoms with Gasteiger partial charge in [0.05, 0.1) is 5.56 Å². The number of carbonyl (C=O) groups excluding carboxylic acids is 1. The number of carbonyl (C=O) groups is 1. The summed E-state index contributed by atoms with van der Waals surface area (Å²) in [5.74, 6) is 1.31. The van der Waals surface area contributed by atoms with Gasteiger partial charge in [0.1, 0.15) is 23.1 Å². The van der Waals surface area contributed by atoms with E-state index in [0.717, 1.165) is 0 Å². The molecule has 1 aromatic heterocycles. The highest BCUT2D eigenvalue weighted by Gasteiger charge is 2.11. The summed E-state index contributed by atoms with van der Waals surface area (Å²) in [5.41, 5.74) is 0.690. The van der Waals surface area contributed by atoms with E-state index in [1.165, 1.54) is 12.1 Å². The molecule has 0 N–H and O–H groups in total. The van der Waals surface area contributed by atoms with Crippen LogP contribution in [0.3, 0.4) is 0 Å². The van der Waals surface area contributed by atoms with Crippen molar-refractivity contribution in [3.8, 4) is 22.8 Å². The fourth-order valence-corrected chi connectivity index (χ4v) is 1.98. The summed E-state index contributed by atoms with van der Waals surface area (Å²) in [6.07, 6.45) is 0.638. The molecule has 0 saturated carbocycles. The summed E-state index contributed by atoms with van der Waals surface area (Å²) >= 11 is 0. The highest BCUT2D eigenvalue weighted by molar-refractivity contribution is 5.74. The van der Waals surface area contributed by atoms with Crippen LogP contribution in [0, 0.1) is 5.82 Å². The molecule has 3 rings (SSSR count). The Kier molecular flexibility index (Phi) is 3.51. The molecule has 0 aliphatic rings. The molecule has 0 unspecified atom stereocenters. The van der Waals surface area contributed by atoms with Gasteiger partial charge in [0.2, 0.25) is 0 Å². The molecule has 0 fully saturated rings. The van der Waals surface area contributed by atoms with Crippen LogP contribution in [0.2, 0.25) is 0 Å². The molecule has 0 bridgehead atoms. The van der Waals surface area contributed by atoms with Crippen LogP contribution in [0.4, 0.5) is 4.39 Å². The second kappa shape index (κ2) is 5.63. The van der Waals surface area contributed by atoms with Crippen LogP contribution < -0.4 is 4.74 Å². The lowest BCUT2D eigenvalue weighted by atomic mass is 10.1. The van der Waals surface area contributed by atoms with Crippen LogP contribution >= 0.6 is 0 Å². The highest BCUT2D eigenvalue weighted by atomic mass is 19.1. The van der Waals surface area contributed by atoms with Crippen LogP contribution in [0.15, 0.2) is 65.1 Å². The van der Waals surface area contributed by atoms with Gasteiger partial charge in [0.15, 0.2) is 12.0 Å². The maximum Gasteiger partial charge on any atom is 0.185 e. The van der Waals surface area contributed by atoms with Crippen molar-refractivity contribution in [1.82, 2.24) is 0 Å². The van der Waals surface area contributed by atoms with Gasteiger partial charge in [-0.25, -0.2) is 4.39 Å². The van der Waals surface area contributed by atoms with Gasteiger partial charge in [-0.15, -0.1) is 0 Å². The van der Waals surface area contributed by atoms with Crippen molar-refractivity contribution in [3.05, 3.63) is 72.2 Å². The average molecular weight is 282 g/mol. The van der Waals surface area contributed by atoms with E-state index >= 15 is 0 Å². The first kappa shape index (κ1) is 13.1. The predicted molar refractivity (Wildman–Crippen MR) is 76.0 cm³/mol. The number of furan rings is 1. The second-order valence-corrected chi connectivity index (χ2v) is 4.38. The monoisotopic (exact) mass is 282 g/mol. The Morgan fingerprint density at radius 3 is 2.62 bits per heavy atom. The van der Waals surface area contributed by atoms with Crippen LogP contribution in [0.25, 0.3) is 11.3 Å². The van der Waals surface area contributed by atoms with Gasteiger partial charge in [0.25, 0.3) is 0 Å². The third-order valence-corrected chi connectivity index (χ3v) is 2.92. The van der Waals surface area contributed by atoms with E-state index in [9.17, 15) is 9.18 Å². The zero-order valence-corrected chi connectivity index (χ0v) is 11.0. The summed E-state index contributed by atoms with van der Waals surface area (Å²) in [7, 11) is 0. The van der Waals surface area contributed by atoms with E-state index in [1.54, 1.807) is 30.3 Å². The molecule has 4 heteroatoms. The molecule has 1 heterocycles. The SMILES string of the molecule is O=Cc1ccc(-c2ccccc2Oc2cccc(F)c2)o1. The number of halogens is 1. The molecule has 0 saturated heterocycles. The van der Waals surface area contributed by atoms with Gasteiger partial charge >= 0.3 is 0 Å². The van der Waals surface area contributed by atoms with Crippen LogP contribution in [0.1, 0.15) is 10.6 Å². The largest absolute Gasteiger partial charge is 0.456 e. The van der Waals surface area contributed by atoms with Gasteiger partial charge in [-0.2, -0.15) is 0 Å². The first-order valence-corrected chi connectivity index (χ1v) is 6.34. The molecule has 104 valence electrons. The molecule has 0 aliphatic carbocycles. The molecular weight excluding hydrogens is 271 g/mol. The maximum absolute atomic E-state index is 13.2. The Morgan fingerprint density at radius 2 is 1.86 bits per heavy atom. The first-order valence-electron chi connectivity index (χ1n) is 6.34. The van der Waals surface area contributed by atoms with Crippen molar-refractivity contribution in [2.75, 3.05) is 0 Å². The minimum absolute atomic E-state index is 0.241. The fraction of sp³-hybridized carbons (Fsp3) is 0. The van der Waals surface area contributed by atoms with E-state index < -0.39 is 0 Å². The van der Waals surface area contributed by atoms with Crippen molar-refractivity contribution >= 4 is 6.29 Å². The number of para-hydroxylation sites is 1. The number of hydrogen-bond acceptors (Lipinski definition) is 3. The zero-order chi connectivity index (χ0) is 14.7. The molecule has 0 spiro atoms. The Hall–Kier alpha value is -2.88. The third kappa shape index (κ3) is 2.84. The smallest absolute Gasteiger partial charge is 0.185 e. The topological polar surface area (TPSA) is 39.4 Å². The van der Waals surface area contributed by atoms with Crippen molar-refractivity contribution in [3.63, 3.8) is 0 Å². The van der Waals surface area contributed by atoms with Crippen molar-refractivity contribution in [2.24, 2.45) is 0 Å². The lowest BCUT2D eigenvalue weighted by molar-refractivity contribution is 0.110. The van der Waals surface area contributed by atoms with Crippen LogP contribution in [-0.2, 0) is 0 Å². The van der Waals surface area contributed by atoms with E-state index in [4.69, 9.17) is 9.15 Å². The standard InChI is InChI=1S/C17H11FO3/c18-12-4-3-5-13(10-12)20-16-7-2-1-6-15(16)17-9-8-14(11-19)21-17/h1-11H. The number of benzene rings is 2. The lowest BCUT2D eigenvalue weighted by Crippen LogP contribution is -1.88. The lowest BCUT2D eigenvalue weighted by Gasteiger charge is -2.09. The Morgan fingerprint density at radius 1 is 1.00 bits per heavy atom. The van der Waals surface area contributed by atoms with Gasteiger partial charge in [-0.05, 0) is 36.4 Å². The Bertz CT molecular complexity index is 777. The third-order valence-electron chi connectivity index (χ3n) is 2.92. The average Bonchev–Trinajstić information content (AvgIpc) is 2.97. The van der Waals surface area contributed by atoms with Crippen LogP contribution in [-0.4, -0.2) is 6.29 Å². The minimum atomic E-state index is -0.369. The number of aldehydes is 1. The van der Waals surface area contributed by atoms with E-state index in [0.29, 0.717) is 29.1 Å². The Labute approximate surface area is 120 Å². The van der Waals surface area contributed by atoms with E-state index in [2.05, 4.69) is 0 Å². The van der Waals surface area contributed by atoms with Crippen LogP contribution in [0.5, 0.6) is 11.5 Å². The van der Waals surface area contributed by atoms with Crippen molar-refractivity contribution < 1.29 is 18.3 Å². The summed E-state index contributed by atoms with van der Waals surface area (Å²) in [6.45, 7) is 0. The number of ether oxygens (including phenoxy) is 1. The maximum atomic E-state index is 13.2. The molecule has 3 aromatic rings. The van der Waals surface area contributed by atoms with Gasteiger partial charge in [-0.3, -0.25) is 4.79 Å². The molecule has 0 amide bonds. The van der Waals surface area contributed by atoms with Gasteiger partial charge in [-0.1, -0.05) is 18.2 Å². The predicted octanol–water partition coefficient (Wildman–Crippen LogP) is 4.69. The summed E-state index contributed by atoms with van der Waals surface area (Å²) in [4.78, 5) is 10.7. The van der Waals surface area contributed by atoms with Gasteiger partial charge in [0, 0.05) is 6.07 Å². The summed E-state index contributed by atoms with van der Waals surface area (Å²) in [5, 5.41) is 0. The minimum Gasteiger partial charge on any atom is -0.456 e. The second-order valence-electron chi connectivity index (χ2n) is 4.38.